The summed E-state index contributed by atoms with van der Waals surface area (Å²) in [5.74, 6) is 0.430. The van der Waals surface area contributed by atoms with Crippen LogP contribution in [0.4, 0.5) is 0 Å². The van der Waals surface area contributed by atoms with Crippen LogP contribution in [-0.4, -0.2) is 73.6 Å². The number of amides is 2. The monoisotopic (exact) mass is 419 g/mol. The molecule has 0 spiro atoms. The number of sulfonamides is 1. The van der Waals surface area contributed by atoms with E-state index in [1.165, 1.54) is 4.31 Å². The zero-order chi connectivity index (χ0) is 20.4. The fourth-order valence-corrected chi connectivity index (χ4v) is 5.89. The van der Waals surface area contributed by atoms with Crippen LogP contribution in [0.25, 0.3) is 0 Å². The standard InChI is InChI=1S/C21H29N3O4S/c25-20(17-5-4-6-17)22-13-15-23(16-14-22)21(26)18-9-11-24(12-10-18)29(27,28)19-7-2-1-3-8-19/h1-3,7-8,17-18H,4-6,9-16H2. The number of nitrogens with zero attached hydrogens (tertiary/aromatic N) is 3. The minimum absolute atomic E-state index is 0.109. The van der Waals surface area contributed by atoms with Crippen molar-refractivity contribution in [2.45, 2.75) is 37.0 Å². The van der Waals surface area contributed by atoms with E-state index in [9.17, 15) is 18.0 Å². The van der Waals surface area contributed by atoms with E-state index in [1.54, 1.807) is 30.3 Å². The average molecular weight is 420 g/mol. The summed E-state index contributed by atoms with van der Waals surface area (Å²) >= 11 is 0. The normalized spacial score (nSPS) is 22.3. The van der Waals surface area contributed by atoms with Crippen LogP contribution in [0, 0.1) is 11.8 Å². The van der Waals surface area contributed by atoms with E-state index in [0.717, 1.165) is 19.3 Å². The van der Waals surface area contributed by atoms with Crippen LogP contribution in [0.5, 0.6) is 0 Å². The lowest BCUT2D eigenvalue weighted by atomic mass is 9.84. The van der Waals surface area contributed by atoms with Crippen molar-refractivity contribution in [3.8, 4) is 0 Å². The first-order valence-corrected chi connectivity index (χ1v) is 12.0. The number of rotatable bonds is 4. The van der Waals surface area contributed by atoms with E-state index in [1.807, 2.05) is 9.80 Å². The summed E-state index contributed by atoms with van der Waals surface area (Å²) in [6.07, 6.45) is 4.25. The molecular formula is C21H29N3O4S. The van der Waals surface area contributed by atoms with Gasteiger partial charge in [0.05, 0.1) is 4.90 Å². The number of piperidine rings is 1. The molecule has 1 aromatic carbocycles. The Kier molecular flexibility index (Phi) is 5.92. The largest absolute Gasteiger partial charge is 0.339 e. The highest BCUT2D eigenvalue weighted by Crippen LogP contribution is 2.29. The summed E-state index contributed by atoms with van der Waals surface area (Å²) in [7, 11) is -3.49. The Morgan fingerprint density at radius 3 is 1.66 bits per heavy atom. The van der Waals surface area contributed by atoms with Crippen molar-refractivity contribution in [1.82, 2.24) is 14.1 Å². The number of hydrogen-bond donors (Lipinski definition) is 0. The molecule has 2 heterocycles. The van der Waals surface area contributed by atoms with Gasteiger partial charge in [0.2, 0.25) is 21.8 Å². The van der Waals surface area contributed by atoms with Crippen LogP contribution in [0.3, 0.4) is 0 Å². The molecule has 0 radical (unpaired) electrons. The van der Waals surface area contributed by atoms with E-state index < -0.39 is 10.0 Å². The van der Waals surface area contributed by atoms with Gasteiger partial charge < -0.3 is 9.80 Å². The van der Waals surface area contributed by atoms with E-state index in [0.29, 0.717) is 57.0 Å². The van der Waals surface area contributed by atoms with Crippen LogP contribution < -0.4 is 0 Å². The smallest absolute Gasteiger partial charge is 0.243 e. The van der Waals surface area contributed by atoms with Gasteiger partial charge in [0.15, 0.2) is 0 Å². The maximum absolute atomic E-state index is 12.9. The lowest BCUT2D eigenvalue weighted by Crippen LogP contribution is -2.54. The van der Waals surface area contributed by atoms with Crippen LogP contribution >= 0.6 is 0 Å². The lowest BCUT2D eigenvalue weighted by molar-refractivity contribution is -0.146. The molecular weight excluding hydrogens is 390 g/mol. The second-order valence-corrected chi connectivity index (χ2v) is 10.2. The van der Waals surface area contributed by atoms with Gasteiger partial charge in [-0.05, 0) is 37.8 Å². The summed E-state index contributed by atoms with van der Waals surface area (Å²) in [5.41, 5.74) is 0. The second kappa shape index (κ2) is 8.44. The number of carbonyl (C=O) groups is 2. The van der Waals surface area contributed by atoms with Gasteiger partial charge in [-0.1, -0.05) is 24.6 Å². The van der Waals surface area contributed by atoms with E-state index in [2.05, 4.69) is 0 Å². The van der Waals surface area contributed by atoms with Crippen molar-refractivity contribution in [3.05, 3.63) is 30.3 Å². The molecule has 3 aliphatic rings. The maximum atomic E-state index is 12.9. The van der Waals surface area contributed by atoms with Gasteiger partial charge in [-0.15, -0.1) is 0 Å². The Hall–Kier alpha value is -1.93. The number of piperazine rings is 1. The van der Waals surface area contributed by atoms with Gasteiger partial charge >= 0.3 is 0 Å². The molecule has 158 valence electrons. The van der Waals surface area contributed by atoms with E-state index in [-0.39, 0.29) is 23.7 Å². The molecule has 4 rings (SSSR count). The minimum Gasteiger partial charge on any atom is -0.339 e. The third kappa shape index (κ3) is 4.19. The van der Waals surface area contributed by atoms with E-state index in [4.69, 9.17) is 0 Å². The van der Waals surface area contributed by atoms with Gasteiger partial charge in [-0.2, -0.15) is 4.31 Å². The molecule has 0 N–H and O–H groups in total. The Labute approximate surface area is 172 Å². The topological polar surface area (TPSA) is 78.0 Å². The first-order chi connectivity index (χ1) is 14.0. The number of hydrogen-bond acceptors (Lipinski definition) is 4. The summed E-state index contributed by atoms with van der Waals surface area (Å²) in [6.45, 7) is 3.13. The highest BCUT2D eigenvalue weighted by atomic mass is 32.2. The molecule has 7 nitrogen and oxygen atoms in total. The molecule has 0 atom stereocenters. The summed E-state index contributed by atoms with van der Waals surface area (Å²) in [5, 5.41) is 0. The first kappa shape index (κ1) is 20.3. The fourth-order valence-electron chi connectivity index (χ4n) is 4.40. The molecule has 2 amide bonds. The molecule has 0 unspecified atom stereocenters. The lowest BCUT2D eigenvalue weighted by Gasteiger charge is -2.40. The SMILES string of the molecule is O=C(C1CCC1)N1CCN(C(=O)C2CCN(S(=O)(=O)c3ccccc3)CC2)CC1. The Balaban J connectivity index is 1.28. The van der Waals surface area contributed by atoms with Gasteiger partial charge in [0.1, 0.15) is 0 Å². The van der Waals surface area contributed by atoms with Crippen molar-refractivity contribution in [1.29, 1.82) is 0 Å². The quantitative estimate of drug-likeness (QED) is 0.742. The highest BCUT2D eigenvalue weighted by Gasteiger charge is 2.36. The molecule has 1 aromatic rings. The molecule has 3 fully saturated rings. The van der Waals surface area contributed by atoms with Crippen LogP contribution in [0.2, 0.25) is 0 Å². The van der Waals surface area contributed by atoms with Gasteiger partial charge in [0.25, 0.3) is 0 Å². The van der Waals surface area contributed by atoms with Crippen molar-refractivity contribution in [2.75, 3.05) is 39.3 Å². The van der Waals surface area contributed by atoms with Crippen LogP contribution in [-0.2, 0) is 19.6 Å². The number of benzene rings is 1. The van der Waals surface area contributed by atoms with Gasteiger partial charge in [-0.3, -0.25) is 9.59 Å². The zero-order valence-corrected chi connectivity index (χ0v) is 17.5. The summed E-state index contributed by atoms with van der Waals surface area (Å²) in [6, 6.07) is 8.45. The van der Waals surface area contributed by atoms with Crippen molar-refractivity contribution in [3.63, 3.8) is 0 Å². The summed E-state index contributed by atoms with van der Waals surface area (Å²) < 4.78 is 27.0. The van der Waals surface area contributed by atoms with Crippen molar-refractivity contribution in [2.24, 2.45) is 11.8 Å². The Morgan fingerprint density at radius 1 is 0.724 bits per heavy atom. The fraction of sp³-hybridized carbons (Fsp3) is 0.619. The predicted molar refractivity (Wildman–Crippen MR) is 108 cm³/mol. The minimum atomic E-state index is -3.49. The van der Waals surface area contributed by atoms with Crippen molar-refractivity contribution >= 4 is 21.8 Å². The third-order valence-corrected chi connectivity index (χ3v) is 8.45. The number of carbonyl (C=O) groups excluding carboxylic acids is 2. The summed E-state index contributed by atoms with van der Waals surface area (Å²) in [4.78, 5) is 29.3. The average Bonchev–Trinajstić information content (AvgIpc) is 2.73. The second-order valence-electron chi connectivity index (χ2n) is 8.27. The Morgan fingerprint density at radius 2 is 1.21 bits per heavy atom. The Bertz CT molecular complexity index is 838. The third-order valence-electron chi connectivity index (χ3n) is 6.54. The molecule has 1 aliphatic carbocycles. The molecule has 2 aliphatic heterocycles. The molecule has 0 aromatic heterocycles. The van der Waals surface area contributed by atoms with E-state index >= 15 is 0 Å². The van der Waals surface area contributed by atoms with Crippen LogP contribution in [0.1, 0.15) is 32.1 Å². The highest BCUT2D eigenvalue weighted by molar-refractivity contribution is 7.89. The molecule has 2 saturated heterocycles. The molecule has 0 bridgehead atoms. The van der Waals surface area contributed by atoms with Crippen molar-refractivity contribution < 1.29 is 18.0 Å². The maximum Gasteiger partial charge on any atom is 0.243 e. The molecule has 29 heavy (non-hydrogen) atoms. The first-order valence-electron chi connectivity index (χ1n) is 10.6. The van der Waals surface area contributed by atoms with Gasteiger partial charge in [-0.25, -0.2) is 8.42 Å². The molecule has 1 saturated carbocycles. The molecule has 8 heteroatoms. The predicted octanol–water partition coefficient (Wildman–Crippen LogP) is 1.56. The van der Waals surface area contributed by atoms with Gasteiger partial charge in [0, 0.05) is 51.1 Å². The van der Waals surface area contributed by atoms with Crippen LogP contribution in [0.15, 0.2) is 35.2 Å². The zero-order valence-electron chi connectivity index (χ0n) is 16.7.